The van der Waals surface area contributed by atoms with Crippen molar-refractivity contribution in [2.75, 3.05) is 18.4 Å². The first-order valence-electron chi connectivity index (χ1n) is 8.17. The molecule has 0 spiro atoms. The lowest BCUT2D eigenvalue weighted by molar-refractivity contribution is 0.775. The number of nitrogens with one attached hydrogen (secondary N) is 2. The van der Waals surface area contributed by atoms with Crippen LogP contribution in [0.5, 0.6) is 0 Å². The average Bonchev–Trinajstić information content (AvgIpc) is 2.57. The molecule has 1 aliphatic carbocycles. The van der Waals surface area contributed by atoms with Crippen LogP contribution in [0.1, 0.15) is 19.2 Å². The van der Waals surface area contributed by atoms with Gasteiger partial charge in [-0.25, -0.2) is 9.97 Å². The van der Waals surface area contributed by atoms with Crippen LogP contribution < -0.4 is 16.4 Å². The number of thiocarbonyl (C=S) groups is 1. The summed E-state index contributed by atoms with van der Waals surface area (Å²) in [5.74, 6) is 1.31. The molecule has 8 heteroatoms. The highest BCUT2D eigenvalue weighted by Crippen LogP contribution is 2.37. The number of aromatic nitrogens is 2. The second-order valence-corrected chi connectivity index (χ2v) is 8.00. The van der Waals surface area contributed by atoms with Crippen LogP contribution in [0.2, 0.25) is 0 Å². The van der Waals surface area contributed by atoms with Crippen LogP contribution in [0.25, 0.3) is 16.5 Å². The molecule has 0 saturated carbocycles. The van der Waals surface area contributed by atoms with Crippen LogP contribution in [0.15, 0.2) is 41.4 Å². The predicted octanol–water partition coefficient (Wildman–Crippen LogP) is 3.78. The van der Waals surface area contributed by atoms with Crippen LogP contribution in [0.4, 0.5) is 5.82 Å². The molecule has 26 heavy (non-hydrogen) atoms. The van der Waals surface area contributed by atoms with Crippen molar-refractivity contribution < 1.29 is 0 Å². The molecule has 3 rings (SSSR count). The molecule has 136 valence electrons. The third kappa shape index (κ3) is 4.44. The van der Waals surface area contributed by atoms with Gasteiger partial charge in [0.25, 0.3) is 0 Å². The van der Waals surface area contributed by atoms with Crippen molar-refractivity contribution in [1.82, 2.24) is 15.3 Å². The monoisotopic (exact) mass is 407 g/mol. The van der Waals surface area contributed by atoms with Crippen LogP contribution >= 0.6 is 35.4 Å². The largest absolute Gasteiger partial charge is 0.376 e. The first kappa shape index (κ1) is 18.9. The van der Waals surface area contributed by atoms with Gasteiger partial charge < -0.3 is 16.4 Å². The second-order valence-electron chi connectivity index (χ2n) is 6.24. The minimum absolute atomic E-state index is 0.272. The minimum Gasteiger partial charge on any atom is -0.376 e. The Morgan fingerprint density at radius 3 is 2.81 bits per heavy atom. The molecule has 0 saturated heterocycles. The molecule has 0 radical (unpaired) electrons. The fourth-order valence-electron chi connectivity index (χ4n) is 2.70. The maximum absolute atomic E-state index is 6.47. The van der Waals surface area contributed by atoms with E-state index in [0.29, 0.717) is 30.4 Å². The van der Waals surface area contributed by atoms with Gasteiger partial charge in [-0.15, -0.1) is 11.6 Å². The number of allylic oxidation sites excluding steroid dienone is 4. The summed E-state index contributed by atoms with van der Waals surface area (Å²) in [5.41, 5.74) is 7.08. The van der Waals surface area contributed by atoms with Gasteiger partial charge in [-0.05, 0) is 31.3 Å². The molecule has 0 aliphatic heterocycles. The molecule has 5 nitrogen and oxygen atoms in total. The number of fused-ring (bicyclic) bond motifs is 1. The molecule has 1 heterocycles. The Hall–Kier alpha value is -1.89. The maximum Gasteiger partial charge on any atom is 0.163 e. The summed E-state index contributed by atoms with van der Waals surface area (Å²) in [6.45, 7) is 3.13. The van der Waals surface area contributed by atoms with Crippen molar-refractivity contribution >= 4 is 62.8 Å². The summed E-state index contributed by atoms with van der Waals surface area (Å²) in [6, 6.07) is 7.83. The summed E-state index contributed by atoms with van der Waals surface area (Å²) in [4.78, 5) is 8.88. The number of rotatable bonds is 5. The number of nitrogens with two attached hydrogens (primary N) is 1. The van der Waals surface area contributed by atoms with E-state index >= 15 is 0 Å². The number of nitrogens with zero attached hydrogens (tertiary/aromatic N) is 2. The van der Waals surface area contributed by atoms with Gasteiger partial charge in [-0.2, -0.15) is 0 Å². The van der Waals surface area contributed by atoms with Crippen LogP contribution in [0, 0.1) is 0 Å². The highest BCUT2D eigenvalue weighted by atomic mass is 35.5. The molecule has 0 amide bonds. The zero-order valence-corrected chi connectivity index (χ0v) is 16.5. The van der Waals surface area contributed by atoms with Gasteiger partial charge in [0.05, 0.1) is 10.4 Å². The average molecular weight is 408 g/mol. The third-order valence-corrected chi connectivity index (χ3v) is 4.69. The lowest BCUT2D eigenvalue weighted by atomic mass is 9.97. The smallest absolute Gasteiger partial charge is 0.163 e. The van der Waals surface area contributed by atoms with Crippen molar-refractivity contribution in [3.8, 4) is 0 Å². The van der Waals surface area contributed by atoms with E-state index in [-0.39, 0.29) is 5.11 Å². The van der Waals surface area contributed by atoms with E-state index in [0.717, 1.165) is 22.3 Å². The molecule has 1 aromatic carbocycles. The van der Waals surface area contributed by atoms with Crippen molar-refractivity contribution in [2.24, 2.45) is 5.73 Å². The maximum atomic E-state index is 6.47. The van der Waals surface area contributed by atoms with Crippen molar-refractivity contribution in [2.45, 2.75) is 18.2 Å². The molecular formula is C18H19Cl2N5S. The van der Waals surface area contributed by atoms with E-state index in [2.05, 4.69) is 20.6 Å². The van der Waals surface area contributed by atoms with Crippen molar-refractivity contribution in [3.63, 3.8) is 0 Å². The quantitative estimate of drug-likeness (QED) is 0.397. The molecule has 0 fully saturated rings. The molecule has 2 aromatic rings. The highest BCUT2D eigenvalue weighted by Gasteiger charge is 2.25. The van der Waals surface area contributed by atoms with Crippen molar-refractivity contribution in [1.29, 1.82) is 0 Å². The Labute approximate surface area is 167 Å². The second kappa shape index (κ2) is 7.78. The predicted molar refractivity (Wildman–Crippen MR) is 114 cm³/mol. The fraction of sp³-hybridized carbons (Fsp3) is 0.278. The number of para-hydroxylation sites is 1. The lowest BCUT2D eigenvalue weighted by Crippen LogP contribution is -2.33. The summed E-state index contributed by atoms with van der Waals surface area (Å²) >= 11 is 17.7. The number of benzene rings is 1. The third-order valence-electron chi connectivity index (χ3n) is 3.95. The van der Waals surface area contributed by atoms with E-state index < -0.39 is 4.87 Å². The fourth-order valence-corrected chi connectivity index (χ4v) is 3.49. The van der Waals surface area contributed by atoms with Gasteiger partial charge in [-0.3, -0.25) is 0 Å². The molecule has 1 aromatic heterocycles. The van der Waals surface area contributed by atoms with Crippen LogP contribution in [-0.2, 0) is 0 Å². The molecule has 1 atom stereocenters. The Morgan fingerprint density at radius 1 is 1.31 bits per heavy atom. The lowest BCUT2D eigenvalue weighted by Gasteiger charge is -2.23. The highest BCUT2D eigenvalue weighted by molar-refractivity contribution is 7.80. The molecular weight excluding hydrogens is 389 g/mol. The van der Waals surface area contributed by atoms with Crippen LogP contribution in [0.3, 0.4) is 0 Å². The molecule has 0 bridgehead atoms. The summed E-state index contributed by atoms with van der Waals surface area (Å²) in [6.07, 6.45) is 4.35. The number of alkyl halides is 1. The van der Waals surface area contributed by atoms with Crippen LogP contribution in [-0.4, -0.2) is 33.0 Å². The zero-order chi connectivity index (χ0) is 18.7. The van der Waals surface area contributed by atoms with Gasteiger partial charge in [0.1, 0.15) is 5.82 Å². The topological polar surface area (TPSA) is 75.9 Å². The van der Waals surface area contributed by atoms with Gasteiger partial charge in [0.2, 0.25) is 0 Å². The minimum atomic E-state index is -0.481. The van der Waals surface area contributed by atoms with Gasteiger partial charge in [0, 0.05) is 35.5 Å². The standard InChI is InChI=1S/C18H19Cl2N5S/c1-18(20)7-6-11(13(19)10-18)16-24-14-5-3-2-4-12(14)15(25-16)22-8-9-23-17(21)26/h2-7H,8-10H2,1H3,(H3,21,23,26)(H,22,24,25)/t18-/m0/s1. The Kier molecular flexibility index (Phi) is 5.65. The van der Waals surface area contributed by atoms with Crippen molar-refractivity contribution in [3.05, 3.63) is 47.3 Å². The Morgan fingerprint density at radius 2 is 2.08 bits per heavy atom. The molecule has 0 unspecified atom stereocenters. The zero-order valence-electron chi connectivity index (χ0n) is 14.2. The molecule has 1 aliphatic rings. The van der Waals surface area contributed by atoms with E-state index in [9.17, 15) is 0 Å². The van der Waals surface area contributed by atoms with E-state index in [1.807, 2.05) is 43.3 Å². The summed E-state index contributed by atoms with van der Waals surface area (Å²) in [5, 5.41) is 8.08. The van der Waals surface area contributed by atoms with E-state index in [1.165, 1.54) is 0 Å². The normalized spacial score (nSPS) is 19.7. The van der Waals surface area contributed by atoms with E-state index in [4.69, 9.17) is 41.2 Å². The van der Waals surface area contributed by atoms with Gasteiger partial charge in [-0.1, -0.05) is 35.9 Å². The Balaban J connectivity index is 1.95. The SMILES string of the molecule is C[C@]1(Cl)C=CC(c2nc(NCCNC(N)=S)c3ccccc3n2)=C(Cl)C1. The van der Waals surface area contributed by atoms with E-state index in [1.54, 1.807) is 0 Å². The van der Waals surface area contributed by atoms with Gasteiger partial charge >= 0.3 is 0 Å². The number of halogens is 2. The number of anilines is 1. The Bertz CT molecular complexity index is 908. The summed E-state index contributed by atoms with van der Waals surface area (Å²) < 4.78 is 0. The number of hydrogen-bond donors (Lipinski definition) is 3. The first-order chi connectivity index (χ1) is 12.4. The van der Waals surface area contributed by atoms with Gasteiger partial charge in [0.15, 0.2) is 10.9 Å². The molecule has 4 N–H and O–H groups in total. The first-order valence-corrected chi connectivity index (χ1v) is 9.33. The summed E-state index contributed by atoms with van der Waals surface area (Å²) in [7, 11) is 0. The number of hydrogen-bond acceptors (Lipinski definition) is 4.